The second-order valence-corrected chi connectivity index (χ2v) is 6.77. The molecule has 3 rings (SSSR count). The maximum Gasteiger partial charge on any atom is 0.0951 e. The predicted octanol–water partition coefficient (Wildman–Crippen LogP) is 4.70. The molecule has 3 nitrogen and oxygen atoms in total. The van der Waals surface area contributed by atoms with Crippen LogP contribution in [0.5, 0.6) is 0 Å². The van der Waals surface area contributed by atoms with Crippen molar-refractivity contribution in [3.05, 3.63) is 45.3 Å². The summed E-state index contributed by atoms with van der Waals surface area (Å²) in [6.45, 7) is 0.816. The highest BCUT2D eigenvalue weighted by molar-refractivity contribution is 9.10. The van der Waals surface area contributed by atoms with Gasteiger partial charge >= 0.3 is 0 Å². The first-order valence-electron chi connectivity index (χ1n) is 6.68. The fraction of sp³-hybridized carbons (Fsp3) is 0.188. The van der Waals surface area contributed by atoms with Gasteiger partial charge < -0.3 is 10.3 Å². The van der Waals surface area contributed by atoms with Crippen LogP contribution in [0.1, 0.15) is 6.42 Å². The number of hydrogen-bond donors (Lipinski definition) is 1. The van der Waals surface area contributed by atoms with Gasteiger partial charge in [0.1, 0.15) is 0 Å². The smallest absolute Gasteiger partial charge is 0.0951 e. The van der Waals surface area contributed by atoms with Gasteiger partial charge in [-0.05, 0) is 24.3 Å². The summed E-state index contributed by atoms with van der Waals surface area (Å²) in [4.78, 5) is 4.05. The molecule has 1 aromatic heterocycles. The molecule has 0 saturated heterocycles. The lowest BCUT2D eigenvalue weighted by molar-refractivity contribution is 0.776. The summed E-state index contributed by atoms with van der Waals surface area (Å²) in [7, 11) is 1.73. The monoisotopic (exact) mass is 407 g/mol. The number of hydrogen-bond acceptors (Lipinski definition) is 1. The average Bonchev–Trinajstić information content (AvgIpc) is 2.76. The molecule has 0 aliphatic rings. The van der Waals surface area contributed by atoms with Crippen molar-refractivity contribution < 1.29 is 0 Å². The number of amidine groups is 1. The number of nitrogens with zero attached hydrogens (tertiary/aromatic N) is 2. The van der Waals surface area contributed by atoms with Gasteiger partial charge in [-0.15, -0.1) is 0 Å². The van der Waals surface area contributed by atoms with Crippen molar-refractivity contribution in [2.75, 3.05) is 7.05 Å². The fourth-order valence-electron chi connectivity index (χ4n) is 2.62. The molecule has 0 fully saturated rings. The Hall–Kier alpha value is -1.33. The third-order valence-corrected chi connectivity index (χ3v) is 4.66. The molecule has 108 valence electrons. The first kappa shape index (κ1) is 14.6. The van der Waals surface area contributed by atoms with Gasteiger partial charge in [0.05, 0.1) is 16.9 Å². The fourth-order valence-corrected chi connectivity index (χ4v) is 3.32. The Morgan fingerprint density at radius 2 is 1.57 bits per heavy atom. The molecule has 3 aromatic rings. The summed E-state index contributed by atoms with van der Waals surface area (Å²) < 4.78 is 4.46. The number of aryl methyl sites for hydroxylation is 1. The molecule has 2 N–H and O–H groups in total. The summed E-state index contributed by atoms with van der Waals surface area (Å²) in [5, 5.41) is 2.51. The van der Waals surface area contributed by atoms with Crippen LogP contribution in [-0.2, 0) is 6.54 Å². The molecule has 21 heavy (non-hydrogen) atoms. The van der Waals surface area contributed by atoms with E-state index in [1.807, 2.05) is 0 Å². The quantitative estimate of drug-likeness (QED) is 0.495. The van der Waals surface area contributed by atoms with Crippen LogP contribution in [0.2, 0.25) is 0 Å². The molecule has 1 heterocycles. The minimum Gasteiger partial charge on any atom is -0.387 e. The highest BCUT2D eigenvalue weighted by Crippen LogP contribution is 2.32. The van der Waals surface area contributed by atoms with Gasteiger partial charge in [0.15, 0.2) is 0 Å². The minimum absolute atomic E-state index is 0.676. The largest absolute Gasteiger partial charge is 0.387 e. The van der Waals surface area contributed by atoms with E-state index >= 15 is 0 Å². The average molecular weight is 409 g/mol. The highest BCUT2D eigenvalue weighted by Gasteiger charge is 2.11. The van der Waals surface area contributed by atoms with E-state index in [0.717, 1.165) is 21.9 Å². The summed E-state index contributed by atoms with van der Waals surface area (Å²) >= 11 is 7.12. The van der Waals surface area contributed by atoms with Crippen LogP contribution in [0, 0.1) is 0 Å². The molecule has 5 heteroatoms. The minimum atomic E-state index is 0.676. The van der Waals surface area contributed by atoms with E-state index in [-0.39, 0.29) is 0 Å². The standard InChI is InChI=1S/C16H15Br2N3/c1-20-16(19)6-7-21-14-8-10(17)2-4-12(14)13-5-3-11(18)9-15(13)21/h2-5,8-9H,6-7H2,1H3,(H2,19,20). The van der Waals surface area contributed by atoms with E-state index in [0.29, 0.717) is 5.84 Å². The van der Waals surface area contributed by atoms with E-state index in [2.05, 4.69) is 77.8 Å². The van der Waals surface area contributed by atoms with E-state index in [1.165, 1.54) is 21.8 Å². The number of aromatic nitrogens is 1. The van der Waals surface area contributed by atoms with Gasteiger partial charge in [-0.2, -0.15) is 0 Å². The zero-order valence-corrected chi connectivity index (χ0v) is 14.8. The topological polar surface area (TPSA) is 43.3 Å². The number of nitrogens with two attached hydrogens (primary N) is 1. The molecule has 0 saturated carbocycles. The van der Waals surface area contributed by atoms with Gasteiger partial charge in [0.25, 0.3) is 0 Å². The number of halogens is 2. The molecule has 0 unspecified atom stereocenters. The maximum atomic E-state index is 5.86. The third kappa shape index (κ3) is 2.72. The van der Waals surface area contributed by atoms with Crippen LogP contribution in [-0.4, -0.2) is 17.5 Å². The number of fused-ring (bicyclic) bond motifs is 3. The van der Waals surface area contributed by atoms with Crippen LogP contribution < -0.4 is 5.73 Å². The molecule has 0 spiro atoms. The Bertz CT molecular complexity index is 790. The first-order chi connectivity index (χ1) is 10.1. The van der Waals surface area contributed by atoms with Crippen molar-refractivity contribution in [3.8, 4) is 0 Å². The number of aliphatic imine (C=N–C) groups is 1. The van der Waals surface area contributed by atoms with Crippen molar-refractivity contribution in [1.82, 2.24) is 4.57 Å². The molecule has 0 atom stereocenters. The Morgan fingerprint density at radius 1 is 1.05 bits per heavy atom. The van der Waals surface area contributed by atoms with Crippen molar-refractivity contribution in [1.29, 1.82) is 0 Å². The van der Waals surface area contributed by atoms with Crippen molar-refractivity contribution >= 4 is 59.5 Å². The molecule has 0 aliphatic carbocycles. The van der Waals surface area contributed by atoms with E-state index in [1.54, 1.807) is 7.05 Å². The van der Waals surface area contributed by atoms with Gasteiger partial charge in [-0.3, -0.25) is 4.99 Å². The van der Waals surface area contributed by atoms with Crippen molar-refractivity contribution in [2.24, 2.45) is 10.7 Å². The number of benzene rings is 2. The summed E-state index contributed by atoms with van der Waals surface area (Å²) in [6.07, 6.45) is 0.744. The lowest BCUT2D eigenvalue weighted by Gasteiger charge is -2.07. The molecular formula is C16H15Br2N3. The van der Waals surface area contributed by atoms with Gasteiger partial charge in [-0.25, -0.2) is 0 Å². The SMILES string of the molecule is CN=C(N)CCn1c2cc(Br)ccc2c2ccc(Br)cc21. The Morgan fingerprint density at radius 3 is 2.05 bits per heavy atom. The Labute approximate surface area is 140 Å². The molecule has 0 bridgehead atoms. The van der Waals surface area contributed by atoms with Crippen LogP contribution in [0.25, 0.3) is 21.8 Å². The van der Waals surface area contributed by atoms with E-state index in [9.17, 15) is 0 Å². The lowest BCUT2D eigenvalue weighted by atomic mass is 10.2. The van der Waals surface area contributed by atoms with Crippen molar-refractivity contribution in [2.45, 2.75) is 13.0 Å². The van der Waals surface area contributed by atoms with E-state index in [4.69, 9.17) is 5.73 Å². The summed E-state index contributed by atoms with van der Waals surface area (Å²) in [6, 6.07) is 12.8. The Kier molecular flexibility index (Phi) is 4.04. The number of rotatable bonds is 3. The van der Waals surface area contributed by atoms with Gasteiger partial charge in [0, 0.05) is 39.7 Å². The maximum absolute atomic E-state index is 5.86. The second kappa shape index (κ2) is 5.81. The third-order valence-electron chi connectivity index (χ3n) is 3.67. The van der Waals surface area contributed by atoms with Gasteiger partial charge in [-0.1, -0.05) is 44.0 Å². The lowest BCUT2D eigenvalue weighted by Crippen LogP contribution is -2.14. The van der Waals surface area contributed by atoms with Crippen LogP contribution in [0.15, 0.2) is 50.3 Å². The molecule has 0 radical (unpaired) electrons. The zero-order valence-electron chi connectivity index (χ0n) is 11.6. The summed E-state index contributed by atoms with van der Waals surface area (Å²) in [5.41, 5.74) is 8.27. The van der Waals surface area contributed by atoms with Crippen LogP contribution in [0.4, 0.5) is 0 Å². The zero-order chi connectivity index (χ0) is 15.0. The first-order valence-corrected chi connectivity index (χ1v) is 8.27. The normalized spacial score (nSPS) is 12.4. The highest BCUT2D eigenvalue weighted by atomic mass is 79.9. The molecule has 0 amide bonds. The Balaban J connectivity index is 2.25. The van der Waals surface area contributed by atoms with Crippen LogP contribution in [0.3, 0.4) is 0 Å². The molecule has 0 aliphatic heterocycles. The van der Waals surface area contributed by atoms with E-state index < -0.39 is 0 Å². The van der Waals surface area contributed by atoms with Gasteiger partial charge in [0.2, 0.25) is 0 Å². The predicted molar refractivity (Wildman–Crippen MR) is 97.0 cm³/mol. The van der Waals surface area contributed by atoms with Crippen molar-refractivity contribution in [3.63, 3.8) is 0 Å². The van der Waals surface area contributed by atoms with Crippen LogP contribution >= 0.6 is 31.9 Å². The molecule has 2 aromatic carbocycles. The summed E-state index contributed by atoms with van der Waals surface area (Å²) in [5.74, 6) is 0.676. The second-order valence-electron chi connectivity index (χ2n) is 4.94. The molecular weight excluding hydrogens is 394 g/mol.